The Balaban J connectivity index is 2.58. The first-order valence-electron chi connectivity index (χ1n) is 4.87. The minimum Gasteiger partial charge on any atom is -0.314 e. The summed E-state index contributed by atoms with van der Waals surface area (Å²) in [6.45, 7) is 0. The van der Waals surface area contributed by atoms with Crippen molar-refractivity contribution in [1.82, 2.24) is 5.32 Å². The normalized spacial score (nSPS) is 20.3. The van der Waals surface area contributed by atoms with E-state index in [1.807, 2.05) is 26.2 Å². The Bertz CT molecular complexity index is 406. The molecule has 0 spiro atoms. The van der Waals surface area contributed by atoms with Gasteiger partial charge < -0.3 is 10.2 Å². The summed E-state index contributed by atoms with van der Waals surface area (Å²) < 4.78 is 0.968. The smallest absolute Gasteiger partial charge is 0.228 e. The van der Waals surface area contributed by atoms with Crippen molar-refractivity contribution in [3.63, 3.8) is 0 Å². The number of halogens is 1. The van der Waals surface area contributed by atoms with Gasteiger partial charge in [0.1, 0.15) is 0 Å². The summed E-state index contributed by atoms with van der Waals surface area (Å²) in [5.41, 5.74) is 2.15. The van der Waals surface area contributed by atoms with Crippen molar-refractivity contribution < 1.29 is 4.79 Å². The molecule has 2 rings (SSSR count). The highest BCUT2D eigenvalue weighted by Crippen LogP contribution is 2.38. The second-order valence-corrected chi connectivity index (χ2v) is 4.53. The van der Waals surface area contributed by atoms with E-state index in [2.05, 4.69) is 27.3 Å². The van der Waals surface area contributed by atoms with Gasteiger partial charge >= 0.3 is 0 Å². The fraction of sp³-hybridized carbons (Fsp3) is 0.364. The van der Waals surface area contributed by atoms with Gasteiger partial charge in [0, 0.05) is 24.0 Å². The average molecular weight is 269 g/mol. The van der Waals surface area contributed by atoms with Gasteiger partial charge in [0.25, 0.3) is 0 Å². The lowest BCUT2D eigenvalue weighted by Crippen LogP contribution is -2.37. The molecule has 1 amide bonds. The van der Waals surface area contributed by atoms with Crippen LogP contribution in [0.5, 0.6) is 0 Å². The van der Waals surface area contributed by atoms with E-state index < -0.39 is 0 Å². The van der Waals surface area contributed by atoms with Crippen LogP contribution in [0, 0.1) is 0 Å². The first-order chi connectivity index (χ1) is 7.15. The minimum absolute atomic E-state index is 0.126. The van der Waals surface area contributed by atoms with Crippen LogP contribution in [0.25, 0.3) is 0 Å². The van der Waals surface area contributed by atoms with Gasteiger partial charge in [-0.2, -0.15) is 0 Å². The first-order valence-corrected chi connectivity index (χ1v) is 5.66. The number of benzene rings is 1. The Hall–Kier alpha value is -0.870. The summed E-state index contributed by atoms with van der Waals surface area (Å²) in [4.78, 5) is 13.5. The topological polar surface area (TPSA) is 32.3 Å². The number of rotatable bonds is 1. The van der Waals surface area contributed by atoms with E-state index in [-0.39, 0.29) is 11.9 Å². The number of hydrogen-bond donors (Lipinski definition) is 1. The standard InChI is InChI=1S/C11H13BrN2O/c1-13-9-6-10(15)14(2)11-7(9)4-3-5-8(11)12/h3-5,9,13H,6H2,1-2H3. The van der Waals surface area contributed by atoms with Crippen LogP contribution in [0.15, 0.2) is 22.7 Å². The Kier molecular flexibility index (Phi) is 2.80. The highest BCUT2D eigenvalue weighted by atomic mass is 79.9. The molecule has 4 heteroatoms. The average Bonchev–Trinajstić information content (AvgIpc) is 2.23. The molecule has 1 aromatic rings. The largest absolute Gasteiger partial charge is 0.314 e. The Morgan fingerprint density at radius 2 is 2.27 bits per heavy atom. The molecule has 0 fully saturated rings. The third-order valence-corrected chi connectivity index (χ3v) is 3.47. The maximum atomic E-state index is 11.7. The van der Waals surface area contributed by atoms with Crippen molar-refractivity contribution in [2.75, 3.05) is 19.0 Å². The van der Waals surface area contributed by atoms with Crippen LogP contribution < -0.4 is 10.2 Å². The summed E-state index contributed by atoms with van der Waals surface area (Å²) in [5.74, 6) is 0.147. The van der Waals surface area contributed by atoms with E-state index in [4.69, 9.17) is 0 Å². The molecule has 3 nitrogen and oxygen atoms in total. The number of anilines is 1. The van der Waals surface area contributed by atoms with Crippen molar-refractivity contribution in [3.05, 3.63) is 28.2 Å². The van der Waals surface area contributed by atoms with Crippen LogP contribution in [-0.2, 0) is 4.79 Å². The first kappa shape index (κ1) is 10.6. The van der Waals surface area contributed by atoms with E-state index >= 15 is 0 Å². The third-order valence-electron chi connectivity index (χ3n) is 2.83. The molecule has 0 saturated heterocycles. The van der Waals surface area contributed by atoms with Crippen molar-refractivity contribution in [2.45, 2.75) is 12.5 Å². The summed E-state index contributed by atoms with van der Waals surface area (Å²) in [6, 6.07) is 6.14. The predicted octanol–water partition coefficient (Wildman–Crippen LogP) is 2.08. The Morgan fingerprint density at radius 1 is 1.53 bits per heavy atom. The zero-order valence-corrected chi connectivity index (χ0v) is 10.3. The van der Waals surface area contributed by atoms with Gasteiger partial charge in [-0.3, -0.25) is 4.79 Å². The molecular formula is C11H13BrN2O. The minimum atomic E-state index is 0.126. The summed E-state index contributed by atoms with van der Waals surface area (Å²) in [7, 11) is 3.70. The SMILES string of the molecule is CNC1CC(=O)N(C)c2c(Br)cccc21. The van der Waals surface area contributed by atoms with Crippen molar-refractivity contribution >= 4 is 27.5 Å². The van der Waals surface area contributed by atoms with Gasteiger partial charge in [0.2, 0.25) is 5.91 Å². The van der Waals surface area contributed by atoms with E-state index in [1.165, 1.54) is 5.56 Å². The van der Waals surface area contributed by atoms with Crippen molar-refractivity contribution in [2.24, 2.45) is 0 Å². The fourth-order valence-electron chi connectivity index (χ4n) is 1.97. The third kappa shape index (κ3) is 1.68. The highest BCUT2D eigenvalue weighted by molar-refractivity contribution is 9.10. The van der Waals surface area contributed by atoms with Gasteiger partial charge in [-0.05, 0) is 34.6 Å². The zero-order chi connectivity index (χ0) is 11.0. The molecule has 0 aromatic heterocycles. The van der Waals surface area contributed by atoms with Gasteiger partial charge in [0.05, 0.1) is 5.69 Å². The highest BCUT2D eigenvalue weighted by Gasteiger charge is 2.29. The number of nitrogens with one attached hydrogen (secondary N) is 1. The van der Waals surface area contributed by atoms with Gasteiger partial charge in [0.15, 0.2) is 0 Å². The van der Waals surface area contributed by atoms with E-state index in [9.17, 15) is 4.79 Å². The number of hydrogen-bond acceptors (Lipinski definition) is 2. The van der Waals surface area contributed by atoms with E-state index in [0.717, 1.165) is 10.2 Å². The van der Waals surface area contributed by atoms with Crippen LogP contribution in [0.4, 0.5) is 5.69 Å². The second-order valence-electron chi connectivity index (χ2n) is 3.68. The second kappa shape index (κ2) is 3.94. The fourth-order valence-corrected chi connectivity index (χ4v) is 2.62. The van der Waals surface area contributed by atoms with E-state index in [0.29, 0.717) is 6.42 Å². The predicted molar refractivity (Wildman–Crippen MR) is 64.0 cm³/mol. The van der Waals surface area contributed by atoms with Crippen molar-refractivity contribution in [3.8, 4) is 0 Å². The zero-order valence-electron chi connectivity index (χ0n) is 8.75. The van der Waals surface area contributed by atoms with Crippen molar-refractivity contribution in [1.29, 1.82) is 0 Å². The molecule has 80 valence electrons. The number of amides is 1. The maximum absolute atomic E-state index is 11.7. The summed E-state index contributed by atoms with van der Waals surface area (Å²) in [6.07, 6.45) is 0.524. The van der Waals surface area contributed by atoms with Crippen LogP contribution in [0.1, 0.15) is 18.0 Å². The van der Waals surface area contributed by atoms with Crippen LogP contribution in [0.3, 0.4) is 0 Å². The lowest BCUT2D eigenvalue weighted by atomic mass is 9.96. The van der Waals surface area contributed by atoms with Gasteiger partial charge in [-0.25, -0.2) is 0 Å². The molecule has 1 aliphatic heterocycles. The van der Waals surface area contributed by atoms with Crippen LogP contribution in [0.2, 0.25) is 0 Å². The monoisotopic (exact) mass is 268 g/mol. The van der Waals surface area contributed by atoms with Gasteiger partial charge in [-0.1, -0.05) is 12.1 Å². The van der Waals surface area contributed by atoms with Crippen LogP contribution >= 0.6 is 15.9 Å². The quantitative estimate of drug-likeness (QED) is 0.846. The molecule has 0 saturated carbocycles. The lowest BCUT2D eigenvalue weighted by molar-refractivity contribution is -0.119. The summed E-state index contributed by atoms with van der Waals surface area (Å²) in [5, 5.41) is 3.17. The molecule has 1 unspecified atom stereocenters. The number of carbonyl (C=O) groups excluding carboxylic acids is 1. The Morgan fingerprint density at radius 3 is 2.93 bits per heavy atom. The van der Waals surface area contributed by atoms with Crippen LogP contribution in [-0.4, -0.2) is 20.0 Å². The molecule has 0 radical (unpaired) electrons. The summed E-state index contributed by atoms with van der Waals surface area (Å²) >= 11 is 3.48. The molecule has 0 aliphatic carbocycles. The number of nitrogens with zero attached hydrogens (tertiary/aromatic N) is 1. The van der Waals surface area contributed by atoms with Gasteiger partial charge in [-0.15, -0.1) is 0 Å². The lowest BCUT2D eigenvalue weighted by Gasteiger charge is -2.32. The number of carbonyl (C=O) groups is 1. The maximum Gasteiger partial charge on any atom is 0.228 e. The van der Waals surface area contributed by atoms with E-state index in [1.54, 1.807) is 4.90 Å². The molecule has 15 heavy (non-hydrogen) atoms. The molecular weight excluding hydrogens is 256 g/mol. The molecule has 1 aliphatic rings. The molecule has 1 atom stereocenters. The number of fused-ring (bicyclic) bond motifs is 1. The molecule has 1 N–H and O–H groups in total. The molecule has 1 aromatic carbocycles. The molecule has 1 heterocycles. The Labute approximate surface area is 97.6 Å². The molecule has 0 bridgehead atoms. The number of para-hydroxylation sites is 1.